The molecule has 0 radical (unpaired) electrons. The Morgan fingerprint density at radius 3 is 2.19 bits per heavy atom. The molecular weight excluding hydrogens is 481 g/mol. The summed E-state index contributed by atoms with van der Waals surface area (Å²) in [7, 11) is -4.21. The van der Waals surface area contributed by atoms with Gasteiger partial charge in [0, 0.05) is 25.6 Å². The van der Waals surface area contributed by atoms with E-state index in [4.69, 9.17) is 4.74 Å². The third-order valence-electron chi connectivity index (χ3n) is 5.82. The second kappa shape index (κ2) is 13.9. The molecule has 0 aromatic heterocycles. The molecule has 1 heterocycles. The SMILES string of the molecule is O=C(N[C@H](/C=C/CP(=O)(O)O)CCc1ccccc1)[C@H](Cc1ccccc1)NC(=O)N1CCOCC1. The van der Waals surface area contributed by atoms with E-state index in [9.17, 15) is 23.9 Å². The van der Waals surface area contributed by atoms with E-state index in [2.05, 4.69) is 10.6 Å². The molecule has 1 saturated heterocycles. The number of hydrogen-bond acceptors (Lipinski definition) is 4. The second-order valence-corrected chi connectivity index (χ2v) is 10.4. The van der Waals surface area contributed by atoms with Crippen molar-refractivity contribution in [1.29, 1.82) is 0 Å². The van der Waals surface area contributed by atoms with Crippen molar-refractivity contribution in [2.75, 3.05) is 32.5 Å². The summed E-state index contributed by atoms with van der Waals surface area (Å²) in [5, 5.41) is 5.83. The zero-order valence-electron chi connectivity index (χ0n) is 20.2. The number of morpholine rings is 1. The van der Waals surface area contributed by atoms with Gasteiger partial charge in [-0.1, -0.05) is 72.8 Å². The minimum atomic E-state index is -4.21. The molecule has 3 amide bonds. The summed E-state index contributed by atoms with van der Waals surface area (Å²) < 4.78 is 16.6. The maximum absolute atomic E-state index is 13.4. The summed E-state index contributed by atoms with van der Waals surface area (Å²) in [6, 6.07) is 17.6. The topological polar surface area (TPSA) is 128 Å². The second-order valence-electron chi connectivity index (χ2n) is 8.71. The minimum absolute atomic E-state index is 0.306. The summed E-state index contributed by atoms with van der Waals surface area (Å²) in [4.78, 5) is 46.3. The first-order chi connectivity index (χ1) is 17.3. The highest BCUT2D eigenvalue weighted by Crippen LogP contribution is 2.33. The smallest absolute Gasteiger partial charge is 0.329 e. The number of hydrogen-bond donors (Lipinski definition) is 4. The van der Waals surface area contributed by atoms with Gasteiger partial charge in [-0.3, -0.25) is 9.36 Å². The highest BCUT2D eigenvalue weighted by atomic mass is 31.2. The van der Waals surface area contributed by atoms with E-state index >= 15 is 0 Å². The summed E-state index contributed by atoms with van der Waals surface area (Å²) in [6.45, 7) is 1.82. The van der Waals surface area contributed by atoms with Gasteiger partial charge >= 0.3 is 13.6 Å². The molecule has 0 spiro atoms. The van der Waals surface area contributed by atoms with Gasteiger partial charge in [-0.2, -0.15) is 0 Å². The zero-order chi connectivity index (χ0) is 25.8. The molecule has 10 heteroatoms. The molecule has 4 N–H and O–H groups in total. The Bertz CT molecular complexity index is 1040. The molecule has 194 valence electrons. The number of urea groups is 1. The van der Waals surface area contributed by atoms with Crippen molar-refractivity contribution in [3.05, 3.63) is 83.9 Å². The lowest BCUT2D eigenvalue weighted by atomic mass is 10.0. The molecular formula is C26H34N3O6P. The maximum Gasteiger partial charge on any atom is 0.329 e. The fourth-order valence-corrected chi connectivity index (χ4v) is 4.29. The van der Waals surface area contributed by atoms with Crippen LogP contribution >= 0.6 is 7.60 Å². The van der Waals surface area contributed by atoms with Gasteiger partial charge in [0.1, 0.15) is 6.04 Å². The number of benzene rings is 2. The number of rotatable bonds is 11. The Hall–Kier alpha value is -2.97. The van der Waals surface area contributed by atoms with Crippen molar-refractivity contribution < 1.29 is 28.7 Å². The first kappa shape index (κ1) is 27.6. The standard InChI is InChI=1S/C26H34N3O6P/c30-25(27-23(12-7-19-36(32,33)34)14-13-21-8-3-1-4-9-21)24(20-22-10-5-2-6-11-22)28-26(31)29-15-17-35-18-16-29/h1-12,23-24H,13-20H2,(H,27,30)(H,28,31)(H2,32,33,34)/b12-7+/t23-,24+/m1/s1. The lowest BCUT2D eigenvalue weighted by molar-refractivity contribution is -0.123. The van der Waals surface area contributed by atoms with E-state index < -0.39 is 25.8 Å². The average molecular weight is 516 g/mol. The first-order valence-electron chi connectivity index (χ1n) is 12.0. The van der Waals surface area contributed by atoms with Gasteiger partial charge in [-0.25, -0.2) is 4.79 Å². The van der Waals surface area contributed by atoms with Gasteiger partial charge in [-0.05, 0) is 24.0 Å². The number of nitrogens with zero attached hydrogens (tertiary/aromatic N) is 1. The van der Waals surface area contributed by atoms with Crippen molar-refractivity contribution in [2.24, 2.45) is 0 Å². The van der Waals surface area contributed by atoms with Crippen molar-refractivity contribution in [1.82, 2.24) is 15.5 Å². The van der Waals surface area contributed by atoms with Crippen molar-refractivity contribution in [3.63, 3.8) is 0 Å². The van der Waals surface area contributed by atoms with Crippen LogP contribution in [0.4, 0.5) is 4.79 Å². The lowest BCUT2D eigenvalue weighted by Crippen LogP contribution is -2.55. The fraction of sp³-hybridized carbons (Fsp3) is 0.385. The molecule has 1 aliphatic heterocycles. The fourth-order valence-electron chi connectivity index (χ4n) is 3.89. The van der Waals surface area contributed by atoms with Crippen molar-refractivity contribution >= 4 is 19.5 Å². The van der Waals surface area contributed by atoms with Crippen LogP contribution in [-0.4, -0.2) is 71.2 Å². The van der Waals surface area contributed by atoms with Crippen LogP contribution in [0.1, 0.15) is 17.5 Å². The van der Waals surface area contributed by atoms with E-state index in [1.54, 1.807) is 11.0 Å². The average Bonchev–Trinajstić information content (AvgIpc) is 2.87. The van der Waals surface area contributed by atoms with E-state index in [1.807, 2.05) is 60.7 Å². The van der Waals surface area contributed by atoms with Gasteiger partial charge in [0.2, 0.25) is 5.91 Å². The summed E-state index contributed by atoms with van der Waals surface area (Å²) >= 11 is 0. The van der Waals surface area contributed by atoms with Crippen molar-refractivity contribution in [3.8, 4) is 0 Å². The Balaban J connectivity index is 1.72. The van der Waals surface area contributed by atoms with Crippen LogP contribution in [-0.2, 0) is 26.9 Å². The number of amides is 3. The number of aryl methyl sites for hydroxylation is 1. The van der Waals surface area contributed by atoms with Gasteiger partial charge < -0.3 is 30.1 Å². The minimum Gasteiger partial charge on any atom is -0.378 e. The Kier molecular flexibility index (Phi) is 10.7. The van der Waals surface area contributed by atoms with Gasteiger partial charge in [0.05, 0.1) is 19.4 Å². The number of ether oxygens (including phenoxy) is 1. The Morgan fingerprint density at radius 1 is 0.972 bits per heavy atom. The maximum atomic E-state index is 13.4. The van der Waals surface area contributed by atoms with Gasteiger partial charge in [0.25, 0.3) is 0 Å². The first-order valence-corrected chi connectivity index (χ1v) is 13.8. The molecule has 2 atom stereocenters. The number of allylic oxidation sites excluding steroid dienone is 1. The summed E-state index contributed by atoms with van der Waals surface area (Å²) in [6.07, 6.45) is 4.10. The Morgan fingerprint density at radius 2 is 1.58 bits per heavy atom. The molecule has 0 saturated carbocycles. The molecule has 1 aliphatic rings. The van der Waals surface area contributed by atoms with E-state index in [0.29, 0.717) is 45.6 Å². The van der Waals surface area contributed by atoms with Crippen LogP contribution in [0.15, 0.2) is 72.8 Å². The van der Waals surface area contributed by atoms with Crippen LogP contribution in [0.25, 0.3) is 0 Å². The summed E-state index contributed by atoms with van der Waals surface area (Å²) in [5.41, 5.74) is 1.99. The van der Waals surface area contributed by atoms with Crippen LogP contribution in [0.3, 0.4) is 0 Å². The molecule has 0 aliphatic carbocycles. The monoisotopic (exact) mass is 515 g/mol. The number of carbonyl (C=O) groups is 2. The highest BCUT2D eigenvalue weighted by molar-refractivity contribution is 7.51. The highest BCUT2D eigenvalue weighted by Gasteiger charge is 2.26. The van der Waals surface area contributed by atoms with E-state index in [-0.39, 0.29) is 11.9 Å². The summed E-state index contributed by atoms with van der Waals surface area (Å²) in [5.74, 6) is -0.362. The van der Waals surface area contributed by atoms with Gasteiger partial charge in [-0.15, -0.1) is 0 Å². The largest absolute Gasteiger partial charge is 0.378 e. The normalized spacial score (nSPS) is 15.9. The van der Waals surface area contributed by atoms with Crippen LogP contribution in [0, 0.1) is 0 Å². The molecule has 2 aromatic carbocycles. The zero-order valence-corrected chi connectivity index (χ0v) is 21.1. The van der Waals surface area contributed by atoms with Gasteiger partial charge in [0.15, 0.2) is 0 Å². The number of carbonyl (C=O) groups excluding carboxylic acids is 2. The predicted octanol–water partition coefficient (Wildman–Crippen LogP) is 2.49. The quantitative estimate of drug-likeness (QED) is 0.269. The molecule has 0 unspecified atom stereocenters. The molecule has 36 heavy (non-hydrogen) atoms. The molecule has 2 aromatic rings. The molecule has 1 fully saturated rings. The molecule has 9 nitrogen and oxygen atoms in total. The van der Waals surface area contributed by atoms with Crippen LogP contribution in [0.5, 0.6) is 0 Å². The Labute approximate surface area is 211 Å². The third kappa shape index (κ3) is 9.95. The lowest BCUT2D eigenvalue weighted by Gasteiger charge is -2.29. The van der Waals surface area contributed by atoms with E-state index in [0.717, 1.165) is 11.1 Å². The van der Waals surface area contributed by atoms with Crippen LogP contribution in [0.2, 0.25) is 0 Å². The molecule has 3 rings (SSSR count). The predicted molar refractivity (Wildman–Crippen MR) is 138 cm³/mol. The van der Waals surface area contributed by atoms with Crippen molar-refractivity contribution in [2.45, 2.75) is 31.3 Å². The van der Waals surface area contributed by atoms with E-state index in [1.165, 1.54) is 6.08 Å². The van der Waals surface area contributed by atoms with Crippen LogP contribution < -0.4 is 10.6 Å². The molecule has 0 bridgehead atoms. The number of nitrogens with one attached hydrogen (secondary N) is 2. The third-order valence-corrected chi connectivity index (χ3v) is 6.51.